The van der Waals surface area contributed by atoms with E-state index in [9.17, 15) is 9.59 Å². The standard InChI is InChI=1S/C14H14N2O4/c1-9(14(18)19-2)15-13(17)11-8-12(20-16-11)10-6-4-3-5-7-10/h3-9H,1-2H3,(H,15,17). The van der Waals surface area contributed by atoms with E-state index in [4.69, 9.17) is 4.52 Å². The number of carbonyl (C=O) groups excluding carboxylic acids is 2. The van der Waals surface area contributed by atoms with Gasteiger partial charge in [0.1, 0.15) is 6.04 Å². The van der Waals surface area contributed by atoms with E-state index in [2.05, 4.69) is 15.2 Å². The van der Waals surface area contributed by atoms with Gasteiger partial charge in [-0.05, 0) is 6.92 Å². The largest absolute Gasteiger partial charge is 0.467 e. The lowest BCUT2D eigenvalue weighted by Gasteiger charge is -2.09. The van der Waals surface area contributed by atoms with Crippen LogP contribution in [0.2, 0.25) is 0 Å². The van der Waals surface area contributed by atoms with Crippen molar-refractivity contribution in [1.29, 1.82) is 0 Å². The van der Waals surface area contributed by atoms with Crippen LogP contribution in [0, 0.1) is 0 Å². The van der Waals surface area contributed by atoms with Gasteiger partial charge in [-0.25, -0.2) is 4.79 Å². The molecule has 1 unspecified atom stereocenters. The van der Waals surface area contributed by atoms with Crippen molar-refractivity contribution in [2.45, 2.75) is 13.0 Å². The number of esters is 1. The Morgan fingerprint density at radius 1 is 1.30 bits per heavy atom. The molecule has 6 nitrogen and oxygen atoms in total. The lowest BCUT2D eigenvalue weighted by Crippen LogP contribution is -2.39. The molecule has 0 saturated heterocycles. The highest BCUT2D eigenvalue weighted by Gasteiger charge is 2.19. The molecular formula is C14H14N2O4. The van der Waals surface area contributed by atoms with Gasteiger partial charge in [-0.1, -0.05) is 35.5 Å². The summed E-state index contributed by atoms with van der Waals surface area (Å²) < 4.78 is 9.64. The summed E-state index contributed by atoms with van der Waals surface area (Å²) in [6.07, 6.45) is 0. The van der Waals surface area contributed by atoms with Crippen LogP contribution in [0.25, 0.3) is 11.3 Å². The Hall–Kier alpha value is -2.63. The van der Waals surface area contributed by atoms with Crippen LogP contribution in [0.3, 0.4) is 0 Å². The van der Waals surface area contributed by atoms with Crippen molar-refractivity contribution in [2.24, 2.45) is 0 Å². The summed E-state index contributed by atoms with van der Waals surface area (Å²) in [6.45, 7) is 1.53. The van der Waals surface area contributed by atoms with Gasteiger partial charge in [0, 0.05) is 11.6 Å². The zero-order chi connectivity index (χ0) is 14.5. The lowest BCUT2D eigenvalue weighted by atomic mass is 10.1. The highest BCUT2D eigenvalue weighted by molar-refractivity contribution is 5.95. The highest BCUT2D eigenvalue weighted by atomic mass is 16.5. The smallest absolute Gasteiger partial charge is 0.328 e. The van der Waals surface area contributed by atoms with Crippen LogP contribution in [-0.4, -0.2) is 30.2 Å². The van der Waals surface area contributed by atoms with Gasteiger partial charge in [0.15, 0.2) is 11.5 Å². The third-order valence-electron chi connectivity index (χ3n) is 2.70. The number of nitrogens with one attached hydrogen (secondary N) is 1. The van der Waals surface area contributed by atoms with Crippen molar-refractivity contribution in [2.75, 3.05) is 7.11 Å². The van der Waals surface area contributed by atoms with Crippen molar-refractivity contribution in [3.05, 3.63) is 42.1 Å². The van der Waals surface area contributed by atoms with Gasteiger partial charge < -0.3 is 14.6 Å². The number of methoxy groups -OCH3 is 1. The Morgan fingerprint density at radius 3 is 2.65 bits per heavy atom. The molecule has 1 aromatic heterocycles. The van der Waals surface area contributed by atoms with Crippen LogP contribution >= 0.6 is 0 Å². The fourth-order valence-electron chi connectivity index (χ4n) is 1.63. The molecule has 0 bridgehead atoms. The number of hydrogen-bond acceptors (Lipinski definition) is 5. The molecule has 1 aromatic carbocycles. The van der Waals surface area contributed by atoms with Gasteiger partial charge in [0.25, 0.3) is 5.91 Å². The SMILES string of the molecule is COC(=O)C(C)NC(=O)c1cc(-c2ccccc2)on1. The maximum Gasteiger partial charge on any atom is 0.328 e. The number of ether oxygens (including phenoxy) is 1. The predicted molar refractivity (Wildman–Crippen MR) is 70.9 cm³/mol. The van der Waals surface area contributed by atoms with E-state index in [1.807, 2.05) is 30.3 Å². The highest BCUT2D eigenvalue weighted by Crippen LogP contribution is 2.19. The number of benzene rings is 1. The second-order valence-corrected chi connectivity index (χ2v) is 4.16. The summed E-state index contributed by atoms with van der Waals surface area (Å²) in [7, 11) is 1.26. The minimum Gasteiger partial charge on any atom is -0.467 e. The fraction of sp³-hybridized carbons (Fsp3) is 0.214. The molecular weight excluding hydrogens is 260 g/mol. The first kappa shape index (κ1) is 13.8. The van der Waals surface area contributed by atoms with E-state index in [1.54, 1.807) is 0 Å². The number of carbonyl (C=O) groups is 2. The Labute approximate surface area is 115 Å². The molecule has 1 amide bonds. The average molecular weight is 274 g/mol. The van der Waals surface area contributed by atoms with Crippen LogP contribution in [0.15, 0.2) is 40.9 Å². The van der Waals surface area contributed by atoms with Crippen molar-refractivity contribution in [3.8, 4) is 11.3 Å². The summed E-state index contributed by atoms with van der Waals surface area (Å²) in [5, 5.41) is 6.17. The summed E-state index contributed by atoms with van der Waals surface area (Å²) in [5.74, 6) is -0.527. The van der Waals surface area contributed by atoms with Gasteiger partial charge in [-0.3, -0.25) is 4.79 Å². The van der Waals surface area contributed by atoms with Crippen LogP contribution in [0.1, 0.15) is 17.4 Å². The zero-order valence-electron chi connectivity index (χ0n) is 11.1. The second kappa shape index (κ2) is 6.01. The summed E-state index contributed by atoms with van der Waals surface area (Å²) in [4.78, 5) is 23.1. The quantitative estimate of drug-likeness (QED) is 0.857. The molecule has 2 rings (SSSR count). The maximum atomic E-state index is 11.9. The minimum absolute atomic E-state index is 0.111. The molecule has 1 heterocycles. The van der Waals surface area contributed by atoms with Gasteiger partial charge in [0.2, 0.25) is 0 Å². The van der Waals surface area contributed by atoms with E-state index in [0.717, 1.165) is 5.56 Å². The topological polar surface area (TPSA) is 81.4 Å². The maximum absolute atomic E-state index is 11.9. The molecule has 20 heavy (non-hydrogen) atoms. The molecule has 0 fully saturated rings. The molecule has 2 aromatic rings. The third kappa shape index (κ3) is 3.03. The van der Waals surface area contributed by atoms with Gasteiger partial charge in [-0.2, -0.15) is 0 Å². The fourth-order valence-corrected chi connectivity index (χ4v) is 1.63. The molecule has 0 aliphatic rings. The zero-order valence-corrected chi connectivity index (χ0v) is 11.1. The van der Waals surface area contributed by atoms with Crippen LogP contribution < -0.4 is 5.32 Å². The molecule has 0 aliphatic carbocycles. The molecule has 0 aliphatic heterocycles. The normalized spacial score (nSPS) is 11.7. The first-order valence-corrected chi connectivity index (χ1v) is 6.02. The molecule has 0 saturated carbocycles. The number of rotatable bonds is 4. The third-order valence-corrected chi connectivity index (χ3v) is 2.70. The van der Waals surface area contributed by atoms with Gasteiger partial charge in [0.05, 0.1) is 7.11 Å². The van der Waals surface area contributed by atoms with Crippen molar-refractivity contribution < 1.29 is 18.8 Å². The molecule has 1 N–H and O–H groups in total. The van der Waals surface area contributed by atoms with E-state index in [0.29, 0.717) is 5.76 Å². The average Bonchev–Trinajstić information content (AvgIpc) is 2.97. The number of aromatic nitrogens is 1. The second-order valence-electron chi connectivity index (χ2n) is 4.16. The van der Waals surface area contributed by atoms with Gasteiger partial charge in [-0.15, -0.1) is 0 Å². The number of amides is 1. The number of hydrogen-bond donors (Lipinski definition) is 1. The monoisotopic (exact) mass is 274 g/mol. The first-order chi connectivity index (χ1) is 9.61. The number of nitrogens with zero attached hydrogens (tertiary/aromatic N) is 1. The first-order valence-electron chi connectivity index (χ1n) is 6.02. The van der Waals surface area contributed by atoms with E-state index < -0.39 is 17.9 Å². The molecule has 0 radical (unpaired) electrons. The van der Waals surface area contributed by atoms with Crippen LogP contribution in [0.5, 0.6) is 0 Å². The molecule has 0 spiro atoms. The Bertz CT molecular complexity index is 607. The molecule has 104 valence electrons. The molecule has 1 atom stereocenters. The van der Waals surface area contributed by atoms with E-state index in [-0.39, 0.29) is 5.69 Å². The van der Waals surface area contributed by atoms with Crippen molar-refractivity contribution >= 4 is 11.9 Å². The lowest BCUT2D eigenvalue weighted by molar-refractivity contribution is -0.142. The minimum atomic E-state index is -0.746. The summed E-state index contributed by atoms with van der Waals surface area (Å²) in [6, 6.07) is 10.1. The summed E-state index contributed by atoms with van der Waals surface area (Å²) >= 11 is 0. The van der Waals surface area contributed by atoms with Crippen LogP contribution in [-0.2, 0) is 9.53 Å². The Balaban J connectivity index is 2.09. The van der Waals surface area contributed by atoms with Crippen LogP contribution in [0.4, 0.5) is 0 Å². The van der Waals surface area contributed by atoms with Crippen molar-refractivity contribution in [3.63, 3.8) is 0 Å². The molecule has 6 heteroatoms. The summed E-state index contributed by atoms with van der Waals surface area (Å²) in [5.41, 5.74) is 0.930. The van der Waals surface area contributed by atoms with Gasteiger partial charge >= 0.3 is 5.97 Å². The van der Waals surface area contributed by atoms with E-state index in [1.165, 1.54) is 20.1 Å². The Kier molecular flexibility index (Phi) is 4.14. The Morgan fingerprint density at radius 2 is 2.00 bits per heavy atom. The van der Waals surface area contributed by atoms with Crippen molar-refractivity contribution in [1.82, 2.24) is 10.5 Å². The predicted octanol–water partition coefficient (Wildman–Crippen LogP) is 1.63. The van der Waals surface area contributed by atoms with E-state index >= 15 is 0 Å².